The number of carbonyl (C=O) groups is 2. The van der Waals surface area contributed by atoms with Gasteiger partial charge in [-0.05, 0) is 46.2 Å². The summed E-state index contributed by atoms with van der Waals surface area (Å²) in [6, 6.07) is 0.0659. The molecule has 0 spiro atoms. The standard InChI is InChI=1S/C16H29N3O2/c1-5-13-14(20)17-16(3,6-2)15(21)19(13)11-12-9-7-8-10-18(12)4/h12-13H,5-11H2,1-4H3,(H,17,20). The van der Waals surface area contributed by atoms with Crippen molar-refractivity contribution < 1.29 is 9.59 Å². The van der Waals surface area contributed by atoms with Crippen LogP contribution in [0.2, 0.25) is 0 Å². The molecular weight excluding hydrogens is 266 g/mol. The molecule has 5 heteroatoms. The molecule has 120 valence electrons. The minimum absolute atomic E-state index is 0.0000810. The molecule has 2 amide bonds. The van der Waals surface area contributed by atoms with E-state index in [2.05, 4.69) is 17.3 Å². The number of carbonyl (C=O) groups excluding carboxylic acids is 2. The molecule has 0 aromatic heterocycles. The van der Waals surface area contributed by atoms with Crippen LogP contribution in [0.15, 0.2) is 0 Å². The van der Waals surface area contributed by atoms with Crippen molar-refractivity contribution in [2.45, 2.75) is 70.5 Å². The third-order valence-electron chi connectivity index (χ3n) is 5.23. The molecule has 2 aliphatic heterocycles. The third kappa shape index (κ3) is 3.07. The zero-order valence-corrected chi connectivity index (χ0v) is 13.8. The van der Waals surface area contributed by atoms with E-state index in [1.54, 1.807) is 0 Å². The molecule has 0 radical (unpaired) electrons. The maximum Gasteiger partial charge on any atom is 0.248 e. The van der Waals surface area contributed by atoms with Crippen LogP contribution in [0.3, 0.4) is 0 Å². The highest BCUT2D eigenvalue weighted by Gasteiger charge is 2.47. The van der Waals surface area contributed by atoms with Gasteiger partial charge in [-0.25, -0.2) is 0 Å². The van der Waals surface area contributed by atoms with Gasteiger partial charge in [-0.3, -0.25) is 9.59 Å². The Balaban J connectivity index is 2.19. The van der Waals surface area contributed by atoms with Crippen molar-refractivity contribution in [2.24, 2.45) is 0 Å². The Kier molecular flexibility index (Phi) is 4.91. The second kappa shape index (κ2) is 6.34. The number of hydrogen-bond acceptors (Lipinski definition) is 3. The fourth-order valence-corrected chi connectivity index (χ4v) is 3.47. The summed E-state index contributed by atoms with van der Waals surface area (Å²) < 4.78 is 0. The molecule has 2 heterocycles. The minimum Gasteiger partial charge on any atom is -0.340 e. The fraction of sp³-hybridized carbons (Fsp3) is 0.875. The normalized spacial score (nSPS) is 35.0. The van der Waals surface area contributed by atoms with E-state index < -0.39 is 5.54 Å². The van der Waals surface area contributed by atoms with E-state index in [0.717, 1.165) is 13.0 Å². The molecule has 2 fully saturated rings. The van der Waals surface area contributed by atoms with Gasteiger partial charge in [0.2, 0.25) is 11.8 Å². The Morgan fingerprint density at radius 2 is 2.00 bits per heavy atom. The second-order valence-corrected chi connectivity index (χ2v) is 6.69. The average Bonchev–Trinajstić information content (AvgIpc) is 2.47. The van der Waals surface area contributed by atoms with Crippen molar-refractivity contribution in [1.82, 2.24) is 15.1 Å². The number of hydrogen-bond donors (Lipinski definition) is 1. The molecule has 0 aromatic carbocycles. The van der Waals surface area contributed by atoms with Crippen molar-refractivity contribution in [3.63, 3.8) is 0 Å². The van der Waals surface area contributed by atoms with Gasteiger partial charge in [-0.2, -0.15) is 0 Å². The SMILES string of the molecule is CCC1C(=O)NC(C)(CC)C(=O)N1CC1CCCCN1C. The molecule has 2 aliphatic rings. The number of amides is 2. The zero-order valence-electron chi connectivity index (χ0n) is 13.8. The molecule has 0 bridgehead atoms. The summed E-state index contributed by atoms with van der Waals surface area (Å²) in [5.41, 5.74) is -0.740. The molecule has 2 saturated heterocycles. The molecule has 0 aromatic rings. The second-order valence-electron chi connectivity index (χ2n) is 6.69. The van der Waals surface area contributed by atoms with E-state index >= 15 is 0 Å². The first-order valence-corrected chi connectivity index (χ1v) is 8.26. The van der Waals surface area contributed by atoms with Crippen molar-refractivity contribution in [2.75, 3.05) is 20.1 Å². The highest BCUT2D eigenvalue weighted by molar-refractivity contribution is 5.99. The molecule has 0 aliphatic carbocycles. The van der Waals surface area contributed by atoms with Crippen molar-refractivity contribution in [3.8, 4) is 0 Å². The highest BCUT2D eigenvalue weighted by Crippen LogP contribution is 2.25. The van der Waals surface area contributed by atoms with E-state index in [1.165, 1.54) is 12.8 Å². The van der Waals surface area contributed by atoms with Gasteiger partial charge >= 0.3 is 0 Å². The van der Waals surface area contributed by atoms with E-state index in [1.807, 2.05) is 25.7 Å². The van der Waals surface area contributed by atoms with Gasteiger partial charge in [0.25, 0.3) is 0 Å². The van der Waals surface area contributed by atoms with E-state index in [0.29, 0.717) is 25.4 Å². The largest absolute Gasteiger partial charge is 0.340 e. The maximum absolute atomic E-state index is 12.9. The predicted molar refractivity (Wildman–Crippen MR) is 82.9 cm³/mol. The molecule has 3 unspecified atom stereocenters. The third-order valence-corrected chi connectivity index (χ3v) is 5.23. The first-order chi connectivity index (χ1) is 9.92. The zero-order chi connectivity index (χ0) is 15.6. The Morgan fingerprint density at radius 3 is 2.57 bits per heavy atom. The lowest BCUT2D eigenvalue weighted by Crippen LogP contribution is -2.70. The van der Waals surface area contributed by atoms with Crippen molar-refractivity contribution in [3.05, 3.63) is 0 Å². The van der Waals surface area contributed by atoms with Crippen molar-refractivity contribution in [1.29, 1.82) is 0 Å². The first kappa shape index (κ1) is 16.3. The van der Waals surface area contributed by atoms with Gasteiger partial charge in [-0.1, -0.05) is 20.3 Å². The van der Waals surface area contributed by atoms with Crippen molar-refractivity contribution >= 4 is 11.8 Å². The summed E-state index contributed by atoms with van der Waals surface area (Å²) in [5.74, 6) is 0.0790. The van der Waals surface area contributed by atoms with Crippen LogP contribution in [0.1, 0.15) is 52.9 Å². The van der Waals surface area contributed by atoms with Gasteiger partial charge in [0.05, 0.1) is 0 Å². The van der Waals surface area contributed by atoms with Crippen LogP contribution in [0, 0.1) is 0 Å². The molecule has 3 atom stereocenters. The number of piperidine rings is 1. The predicted octanol–water partition coefficient (Wildman–Crippen LogP) is 1.38. The highest BCUT2D eigenvalue weighted by atomic mass is 16.2. The van der Waals surface area contributed by atoms with E-state index in [9.17, 15) is 9.59 Å². The number of likely N-dealkylation sites (N-methyl/N-ethyl adjacent to an activating group) is 1. The molecule has 21 heavy (non-hydrogen) atoms. The quantitative estimate of drug-likeness (QED) is 0.852. The number of piperazine rings is 1. The Bertz CT molecular complexity index is 412. The smallest absolute Gasteiger partial charge is 0.248 e. The van der Waals surface area contributed by atoms with Gasteiger partial charge in [0.1, 0.15) is 11.6 Å². The summed E-state index contributed by atoms with van der Waals surface area (Å²) in [6.07, 6.45) is 4.86. The summed E-state index contributed by atoms with van der Waals surface area (Å²) >= 11 is 0. The number of rotatable bonds is 4. The van der Waals surface area contributed by atoms with Crippen LogP contribution >= 0.6 is 0 Å². The lowest BCUT2D eigenvalue weighted by Gasteiger charge is -2.46. The van der Waals surface area contributed by atoms with Crippen LogP contribution in [0.5, 0.6) is 0 Å². The molecule has 5 nitrogen and oxygen atoms in total. The van der Waals surface area contributed by atoms with Crippen LogP contribution in [0.4, 0.5) is 0 Å². The lowest BCUT2D eigenvalue weighted by atomic mass is 9.90. The van der Waals surface area contributed by atoms with Crippen LogP contribution in [0.25, 0.3) is 0 Å². The number of nitrogens with one attached hydrogen (secondary N) is 1. The van der Waals surface area contributed by atoms with Gasteiger partial charge in [-0.15, -0.1) is 0 Å². The van der Waals surface area contributed by atoms with Gasteiger partial charge < -0.3 is 15.1 Å². The Labute approximate surface area is 128 Å². The molecule has 0 saturated carbocycles. The van der Waals surface area contributed by atoms with Gasteiger partial charge in [0, 0.05) is 12.6 Å². The monoisotopic (exact) mass is 295 g/mol. The first-order valence-electron chi connectivity index (χ1n) is 8.26. The molecule has 2 rings (SSSR count). The molecule has 1 N–H and O–H groups in total. The Morgan fingerprint density at radius 1 is 1.29 bits per heavy atom. The summed E-state index contributed by atoms with van der Waals surface area (Å²) in [6.45, 7) is 7.54. The summed E-state index contributed by atoms with van der Waals surface area (Å²) in [4.78, 5) is 29.4. The van der Waals surface area contributed by atoms with Gasteiger partial charge in [0.15, 0.2) is 0 Å². The summed E-state index contributed by atoms with van der Waals surface area (Å²) in [7, 11) is 2.12. The van der Waals surface area contributed by atoms with Crippen LogP contribution < -0.4 is 5.32 Å². The topological polar surface area (TPSA) is 52.7 Å². The average molecular weight is 295 g/mol. The van der Waals surface area contributed by atoms with E-state index in [-0.39, 0.29) is 17.9 Å². The van der Waals surface area contributed by atoms with E-state index in [4.69, 9.17) is 0 Å². The Hall–Kier alpha value is -1.10. The molecular formula is C16H29N3O2. The lowest BCUT2D eigenvalue weighted by molar-refractivity contribution is -0.155. The summed E-state index contributed by atoms with van der Waals surface area (Å²) in [5, 5.41) is 2.93. The fourth-order valence-electron chi connectivity index (χ4n) is 3.47. The van der Waals surface area contributed by atoms with Crippen LogP contribution in [-0.2, 0) is 9.59 Å². The van der Waals surface area contributed by atoms with Crippen LogP contribution in [-0.4, -0.2) is 59.4 Å². The number of likely N-dealkylation sites (tertiary alicyclic amines) is 1. The minimum atomic E-state index is -0.740. The number of nitrogens with zero attached hydrogens (tertiary/aromatic N) is 2. The maximum atomic E-state index is 12.9.